The molecule has 4 aliphatic rings. The summed E-state index contributed by atoms with van der Waals surface area (Å²) in [6.07, 6.45) is 11.4. The van der Waals surface area contributed by atoms with Crippen LogP contribution in [0.5, 0.6) is 0 Å². The van der Waals surface area contributed by atoms with E-state index in [9.17, 15) is 0 Å². The summed E-state index contributed by atoms with van der Waals surface area (Å²) in [4.78, 5) is 7.30. The van der Waals surface area contributed by atoms with Gasteiger partial charge in [0.05, 0.1) is 12.2 Å². The third kappa shape index (κ3) is 1.42. The van der Waals surface area contributed by atoms with Gasteiger partial charge in [-0.1, -0.05) is 12.8 Å². The molecule has 3 aliphatic heterocycles. The van der Waals surface area contributed by atoms with E-state index in [4.69, 9.17) is 4.98 Å². The molecule has 5 unspecified atom stereocenters. The molecular formula is C15H23N5. The third-order valence-corrected chi connectivity index (χ3v) is 5.92. The number of nitrogens with one attached hydrogen (secondary N) is 2. The van der Waals surface area contributed by atoms with Crippen molar-refractivity contribution in [2.45, 2.75) is 56.4 Å². The van der Waals surface area contributed by atoms with Gasteiger partial charge < -0.3 is 14.8 Å². The number of rotatable bonds is 0. The fourth-order valence-electron chi connectivity index (χ4n) is 5.05. The van der Waals surface area contributed by atoms with Crippen LogP contribution < -0.4 is 15.5 Å². The molecule has 5 atom stereocenters. The summed E-state index contributed by atoms with van der Waals surface area (Å²) >= 11 is 0. The number of hydrogen-bond donors (Lipinski definition) is 2. The fraction of sp³-hybridized carbons (Fsp3) is 0.800. The second-order valence-electron chi connectivity index (χ2n) is 6.84. The number of aromatic nitrogens is 2. The molecule has 5 rings (SSSR count). The second-order valence-corrected chi connectivity index (χ2v) is 6.84. The molecule has 2 saturated heterocycles. The first kappa shape index (κ1) is 11.6. The summed E-state index contributed by atoms with van der Waals surface area (Å²) in [5.41, 5.74) is 0. The highest BCUT2D eigenvalue weighted by molar-refractivity contribution is 5.43. The van der Waals surface area contributed by atoms with Crippen molar-refractivity contribution >= 4 is 5.95 Å². The molecule has 4 heterocycles. The highest BCUT2D eigenvalue weighted by atomic mass is 15.5. The first-order valence-corrected chi connectivity index (χ1v) is 8.21. The van der Waals surface area contributed by atoms with Crippen molar-refractivity contribution in [1.29, 1.82) is 0 Å². The van der Waals surface area contributed by atoms with Crippen molar-refractivity contribution in [3.8, 4) is 0 Å². The predicted octanol–water partition coefficient (Wildman–Crippen LogP) is 1.09. The maximum atomic E-state index is 4.70. The van der Waals surface area contributed by atoms with Crippen LogP contribution in [0.25, 0.3) is 0 Å². The van der Waals surface area contributed by atoms with Gasteiger partial charge in [0.25, 0.3) is 0 Å². The SMILES string of the molecule is c1cn2c(n1)N1C3CNCCC3NC1C1CCCCC12. The molecule has 1 aromatic heterocycles. The molecular weight excluding hydrogens is 250 g/mol. The smallest absolute Gasteiger partial charge is 0.207 e. The van der Waals surface area contributed by atoms with Crippen LogP contribution in [0.15, 0.2) is 12.4 Å². The molecule has 1 aromatic rings. The van der Waals surface area contributed by atoms with E-state index in [0.29, 0.717) is 24.3 Å². The van der Waals surface area contributed by atoms with E-state index < -0.39 is 0 Å². The standard InChI is InChI=1S/C15H23N5/c1-2-4-12-10(3-1)14-18-11-5-6-16-9-13(11)20(14)15-17-7-8-19(12)15/h7-8,10-14,16,18H,1-6,9H2. The highest BCUT2D eigenvalue weighted by Gasteiger charge is 2.51. The minimum absolute atomic E-state index is 0.519. The maximum absolute atomic E-state index is 4.70. The Labute approximate surface area is 119 Å². The Morgan fingerprint density at radius 3 is 3.10 bits per heavy atom. The van der Waals surface area contributed by atoms with Gasteiger partial charge in [0.1, 0.15) is 0 Å². The van der Waals surface area contributed by atoms with Crippen molar-refractivity contribution < 1.29 is 0 Å². The molecule has 3 fully saturated rings. The lowest BCUT2D eigenvalue weighted by atomic mass is 9.81. The van der Waals surface area contributed by atoms with Crippen molar-refractivity contribution in [3.05, 3.63) is 12.4 Å². The number of hydrogen-bond acceptors (Lipinski definition) is 4. The normalized spacial score (nSPS) is 42.6. The number of piperidine rings is 1. The first-order chi connectivity index (χ1) is 9.93. The van der Waals surface area contributed by atoms with E-state index in [1.807, 2.05) is 6.20 Å². The molecule has 0 radical (unpaired) electrons. The van der Waals surface area contributed by atoms with E-state index >= 15 is 0 Å². The van der Waals surface area contributed by atoms with E-state index in [0.717, 1.165) is 19.0 Å². The Hall–Kier alpha value is -1.07. The Morgan fingerprint density at radius 2 is 2.10 bits per heavy atom. The zero-order valence-electron chi connectivity index (χ0n) is 11.8. The Balaban J connectivity index is 1.60. The van der Waals surface area contributed by atoms with Crippen LogP contribution >= 0.6 is 0 Å². The molecule has 1 saturated carbocycles. The van der Waals surface area contributed by atoms with Crippen LogP contribution in [0.3, 0.4) is 0 Å². The summed E-state index contributed by atoms with van der Waals surface area (Å²) in [5.74, 6) is 1.97. The van der Waals surface area contributed by atoms with Crippen molar-refractivity contribution in [2.24, 2.45) is 5.92 Å². The van der Waals surface area contributed by atoms with Crippen LogP contribution in [0.4, 0.5) is 5.95 Å². The molecule has 0 aromatic carbocycles. The van der Waals surface area contributed by atoms with Crippen LogP contribution in [0.2, 0.25) is 0 Å². The Kier molecular flexibility index (Phi) is 2.44. The molecule has 20 heavy (non-hydrogen) atoms. The van der Waals surface area contributed by atoms with Crippen molar-refractivity contribution in [2.75, 3.05) is 18.0 Å². The van der Waals surface area contributed by atoms with Gasteiger partial charge in [-0.05, 0) is 25.8 Å². The molecule has 5 heteroatoms. The summed E-state index contributed by atoms with van der Waals surface area (Å²) < 4.78 is 2.47. The minimum atomic E-state index is 0.519. The van der Waals surface area contributed by atoms with Gasteiger partial charge in [0.15, 0.2) is 0 Å². The number of imidazole rings is 1. The average molecular weight is 273 g/mol. The lowest BCUT2D eigenvalue weighted by Crippen LogP contribution is -2.55. The Morgan fingerprint density at radius 1 is 1.15 bits per heavy atom. The average Bonchev–Trinajstić information content (AvgIpc) is 3.11. The van der Waals surface area contributed by atoms with Crippen molar-refractivity contribution in [3.63, 3.8) is 0 Å². The van der Waals surface area contributed by atoms with E-state index in [1.165, 1.54) is 38.1 Å². The summed E-state index contributed by atoms with van der Waals surface area (Å²) in [5, 5.41) is 7.52. The van der Waals surface area contributed by atoms with Crippen molar-refractivity contribution in [1.82, 2.24) is 20.2 Å². The van der Waals surface area contributed by atoms with Gasteiger partial charge in [-0.15, -0.1) is 0 Å². The zero-order valence-corrected chi connectivity index (χ0v) is 11.8. The first-order valence-electron chi connectivity index (χ1n) is 8.21. The number of anilines is 1. The number of fused-ring (bicyclic) bond motifs is 8. The van der Waals surface area contributed by atoms with Gasteiger partial charge in [-0.3, -0.25) is 5.32 Å². The molecule has 5 nitrogen and oxygen atoms in total. The predicted molar refractivity (Wildman–Crippen MR) is 77.7 cm³/mol. The van der Waals surface area contributed by atoms with E-state index in [2.05, 4.69) is 26.3 Å². The van der Waals surface area contributed by atoms with Gasteiger partial charge in [-0.25, -0.2) is 4.98 Å². The molecule has 0 spiro atoms. The van der Waals surface area contributed by atoms with Crippen LogP contribution in [-0.2, 0) is 0 Å². The highest BCUT2D eigenvalue weighted by Crippen LogP contribution is 2.46. The molecule has 108 valence electrons. The van der Waals surface area contributed by atoms with Gasteiger partial charge in [0.2, 0.25) is 5.95 Å². The van der Waals surface area contributed by atoms with Crippen LogP contribution in [0, 0.1) is 5.92 Å². The quantitative estimate of drug-likeness (QED) is 0.743. The molecule has 0 bridgehead atoms. The zero-order chi connectivity index (χ0) is 13.1. The van der Waals surface area contributed by atoms with Crippen LogP contribution in [-0.4, -0.2) is 40.9 Å². The van der Waals surface area contributed by atoms with Gasteiger partial charge >= 0.3 is 0 Å². The van der Waals surface area contributed by atoms with E-state index in [1.54, 1.807) is 0 Å². The summed E-state index contributed by atoms with van der Waals surface area (Å²) in [6, 6.07) is 1.90. The fourth-order valence-corrected chi connectivity index (χ4v) is 5.05. The molecule has 0 amide bonds. The monoisotopic (exact) mass is 273 g/mol. The lowest BCUT2D eigenvalue weighted by Gasteiger charge is -2.47. The van der Waals surface area contributed by atoms with E-state index in [-0.39, 0.29) is 0 Å². The number of nitrogens with zero attached hydrogens (tertiary/aromatic N) is 3. The van der Waals surface area contributed by atoms with Gasteiger partial charge in [-0.2, -0.15) is 0 Å². The maximum Gasteiger partial charge on any atom is 0.207 e. The molecule has 2 N–H and O–H groups in total. The largest absolute Gasteiger partial charge is 0.321 e. The second kappa shape index (κ2) is 4.21. The minimum Gasteiger partial charge on any atom is -0.321 e. The topological polar surface area (TPSA) is 45.1 Å². The molecule has 1 aliphatic carbocycles. The summed E-state index contributed by atoms with van der Waals surface area (Å²) in [6.45, 7) is 2.25. The third-order valence-electron chi connectivity index (χ3n) is 5.92. The van der Waals surface area contributed by atoms with Gasteiger partial charge in [0, 0.05) is 36.9 Å². The lowest BCUT2D eigenvalue weighted by molar-refractivity contribution is 0.172. The van der Waals surface area contributed by atoms with Crippen LogP contribution in [0.1, 0.15) is 38.1 Å². The summed E-state index contributed by atoms with van der Waals surface area (Å²) in [7, 11) is 0. The Bertz CT molecular complexity index is 512.